The fraction of sp³-hybridized carbons (Fsp3) is 0.444. The SMILES string of the molecule is CCNC(=O)C(C)n1cnc(Cl)c(I)c1=O. The molecule has 1 rings (SSSR count). The Morgan fingerprint density at radius 1 is 1.75 bits per heavy atom. The smallest absolute Gasteiger partial charge is 0.269 e. The number of rotatable bonds is 3. The van der Waals surface area contributed by atoms with Crippen LogP contribution in [0.15, 0.2) is 11.1 Å². The molecule has 88 valence electrons. The van der Waals surface area contributed by atoms with Gasteiger partial charge in [-0.05, 0) is 36.4 Å². The van der Waals surface area contributed by atoms with E-state index in [0.29, 0.717) is 10.1 Å². The average molecular weight is 356 g/mol. The molecule has 0 aromatic carbocycles. The maximum Gasteiger partial charge on any atom is 0.269 e. The van der Waals surface area contributed by atoms with Crippen LogP contribution in [-0.2, 0) is 4.79 Å². The summed E-state index contributed by atoms with van der Waals surface area (Å²) in [6.07, 6.45) is 1.28. The fourth-order valence-electron chi connectivity index (χ4n) is 1.15. The maximum absolute atomic E-state index is 11.8. The number of likely N-dealkylation sites (N-methyl/N-ethyl adjacent to an activating group) is 1. The van der Waals surface area contributed by atoms with Crippen molar-refractivity contribution in [1.82, 2.24) is 14.9 Å². The highest BCUT2D eigenvalue weighted by Crippen LogP contribution is 2.11. The summed E-state index contributed by atoms with van der Waals surface area (Å²) in [6, 6.07) is -0.592. The van der Waals surface area contributed by atoms with Crippen LogP contribution in [0.5, 0.6) is 0 Å². The topological polar surface area (TPSA) is 64.0 Å². The van der Waals surface area contributed by atoms with Crippen LogP contribution in [-0.4, -0.2) is 22.0 Å². The van der Waals surface area contributed by atoms with E-state index in [2.05, 4.69) is 10.3 Å². The molecule has 0 saturated heterocycles. The second kappa shape index (κ2) is 5.62. The second-order valence-electron chi connectivity index (χ2n) is 3.13. The van der Waals surface area contributed by atoms with Gasteiger partial charge in [0.05, 0.1) is 6.33 Å². The van der Waals surface area contributed by atoms with Crippen molar-refractivity contribution in [2.45, 2.75) is 19.9 Å². The Morgan fingerprint density at radius 3 is 2.94 bits per heavy atom. The molecule has 16 heavy (non-hydrogen) atoms. The molecule has 1 atom stereocenters. The Bertz CT molecular complexity index is 461. The lowest BCUT2D eigenvalue weighted by Gasteiger charge is -2.14. The highest BCUT2D eigenvalue weighted by molar-refractivity contribution is 14.1. The van der Waals surface area contributed by atoms with Crippen molar-refractivity contribution in [3.05, 3.63) is 25.4 Å². The number of carbonyl (C=O) groups is 1. The van der Waals surface area contributed by atoms with Gasteiger partial charge in [0.15, 0.2) is 0 Å². The molecule has 0 aliphatic heterocycles. The van der Waals surface area contributed by atoms with Crippen molar-refractivity contribution >= 4 is 40.1 Å². The van der Waals surface area contributed by atoms with E-state index in [4.69, 9.17) is 11.6 Å². The molecular formula is C9H11ClIN3O2. The average Bonchev–Trinajstić information content (AvgIpc) is 2.26. The molecule has 1 heterocycles. The molecule has 0 bridgehead atoms. The number of hydrogen-bond donors (Lipinski definition) is 1. The van der Waals surface area contributed by atoms with Gasteiger partial charge in [-0.3, -0.25) is 14.2 Å². The standard InChI is InChI=1S/C9H11ClIN3O2/c1-3-12-8(15)5(2)14-4-13-7(10)6(11)9(14)16/h4-5H,3H2,1-2H3,(H,12,15). The summed E-state index contributed by atoms with van der Waals surface area (Å²) in [5.74, 6) is -0.218. The summed E-state index contributed by atoms with van der Waals surface area (Å²) in [4.78, 5) is 27.2. The van der Waals surface area contributed by atoms with Crippen LogP contribution in [0.4, 0.5) is 0 Å². The Balaban J connectivity index is 3.10. The highest BCUT2D eigenvalue weighted by Gasteiger charge is 2.17. The summed E-state index contributed by atoms with van der Waals surface area (Å²) in [5.41, 5.74) is -0.306. The van der Waals surface area contributed by atoms with Crippen molar-refractivity contribution < 1.29 is 4.79 Å². The van der Waals surface area contributed by atoms with Crippen LogP contribution in [0, 0.1) is 3.57 Å². The third kappa shape index (κ3) is 2.73. The monoisotopic (exact) mass is 355 g/mol. The first kappa shape index (κ1) is 13.4. The summed E-state index contributed by atoms with van der Waals surface area (Å²) >= 11 is 7.51. The number of nitrogens with zero attached hydrogens (tertiary/aromatic N) is 2. The van der Waals surface area contributed by atoms with E-state index >= 15 is 0 Å². The Morgan fingerprint density at radius 2 is 2.38 bits per heavy atom. The van der Waals surface area contributed by atoms with Gasteiger partial charge in [0.25, 0.3) is 5.56 Å². The van der Waals surface area contributed by atoms with Gasteiger partial charge in [0.1, 0.15) is 14.8 Å². The van der Waals surface area contributed by atoms with Crippen molar-refractivity contribution in [1.29, 1.82) is 0 Å². The molecule has 0 spiro atoms. The third-order valence-corrected chi connectivity index (χ3v) is 3.62. The molecule has 1 amide bonds. The number of halogens is 2. The molecule has 5 nitrogen and oxygen atoms in total. The van der Waals surface area contributed by atoms with Gasteiger partial charge in [-0.1, -0.05) is 11.6 Å². The van der Waals surface area contributed by atoms with Crippen molar-refractivity contribution in [3.8, 4) is 0 Å². The predicted octanol–water partition coefficient (Wildman–Crippen LogP) is 1.20. The van der Waals surface area contributed by atoms with Crippen LogP contribution in [0.2, 0.25) is 5.15 Å². The molecule has 0 radical (unpaired) electrons. The largest absolute Gasteiger partial charge is 0.355 e. The van der Waals surface area contributed by atoms with Gasteiger partial charge in [-0.2, -0.15) is 0 Å². The van der Waals surface area contributed by atoms with E-state index in [-0.39, 0.29) is 16.6 Å². The van der Waals surface area contributed by atoms with E-state index in [1.54, 1.807) is 6.92 Å². The van der Waals surface area contributed by atoms with Gasteiger partial charge in [0.2, 0.25) is 5.91 Å². The molecule has 0 aliphatic carbocycles. The molecule has 0 saturated carbocycles. The first-order valence-corrected chi connectivity index (χ1v) is 6.14. The minimum atomic E-state index is -0.592. The fourth-order valence-corrected chi connectivity index (χ4v) is 1.69. The van der Waals surface area contributed by atoms with Crippen LogP contribution in [0.1, 0.15) is 19.9 Å². The molecule has 0 fully saturated rings. The predicted molar refractivity (Wildman–Crippen MR) is 69.6 cm³/mol. The van der Waals surface area contributed by atoms with Crippen molar-refractivity contribution in [3.63, 3.8) is 0 Å². The Hall–Kier alpha value is -0.630. The zero-order valence-corrected chi connectivity index (χ0v) is 11.7. The zero-order valence-electron chi connectivity index (χ0n) is 8.83. The molecule has 1 aromatic heterocycles. The van der Waals surface area contributed by atoms with Crippen LogP contribution < -0.4 is 10.9 Å². The quantitative estimate of drug-likeness (QED) is 0.654. The van der Waals surface area contributed by atoms with E-state index < -0.39 is 6.04 Å². The summed E-state index contributed by atoms with van der Waals surface area (Å²) in [7, 11) is 0. The number of aromatic nitrogens is 2. The Labute approximate surface area is 111 Å². The van der Waals surface area contributed by atoms with E-state index in [9.17, 15) is 9.59 Å². The number of nitrogens with one attached hydrogen (secondary N) is 1. The number of carbonyl (C=O) groups excluding carboxylic acids is 1. The summed E-state index contributed by atoms with van der Waals surface area (Å²) in [5, 5.41) is 2.80. The normalized spacial score (nSPS) is 12.2. The highest BCUT2D eigenvalue weighted by atomic mass is 127. The molecule has 7 heteroatoms. The van der Waals surface area contributed by atoms with Gasteiger partial charge in [-0.15, -0.1) is 0 Å². The van der Waals surface area contributed by atoms with Crippen LogP contribution in [0.3, 0.4) is 0 Å². The van der Waals surface area contributed by atoms with Crippen molar-refractivity contribution in [2.24, 2.45) is 0 Å². The molecule has 1 unspecified atom stereocenters. The van der Waals surface area contributed by atoms with Gasteiger partial charge in [-0.25, -0.2) is 4.98 Å². The van der Waals surface area contributed by atoms with Crippen LogP contribution in [0.25, 0.3) is 0 Å². The van der Waals surface area contributed by atoms with E-state index in [1.807, 2.05) is 29.5 Å². The lowest BCUT2D eigenvalue weighted by molar-refractivity contribution is -0.123. The third-order valence-electron chi connectivity index (χ3n) is 2.05. The van der Waals surface area contributed by atoms with E-state index in [1.165, 1.54) is 10.9 Å². The second-order valence-corrected chi connectivity index (χ2v) is 4.57. The first-order valence-electron chi connectivity index (χ1n) is 4.68. The van der Waals surface area contributed by atoms with Crippen molar-refractivity contribution in [2.75, 3.05) is 6.54 Å². The minimum Gasteiger partial charge on any atom is -0.355 e. The molecule has 0 aliphatic rings. The maximum atomic E-state index is 11.8. The van der Waals surface area contributed by atoms with Gasteiger partial charge >= 0.3 is 0 Å². The summed E-state index contributed by atoms with van der Waals surface area (Å²) in [6.45, 7) is 3.98. The van der Waals surface area contributed by atoms with E-state index in [0.717, 1.165) is 0 Å². The number of hydrogen-bond acceptors (Lipinski definition) is 3. The molecule has 1 N–H and O–H groups in total. The minimum absolute atomic E-state index is 0.157. The molecule has 1 aromatic rings. The molecular weight excluding hydrogens is 344 g/mol. The number of amides is 1. The first-order chi connectivity index (χ1) is 7.49. The Kier molecular flexibility index (Phi) is 4.72. The van der Waals surface area contributed by atoms with Crippen LogP contribution >= 0.6 is 34.2 Å². The van der Waals surface area contributed by atoms with Gasteiger partial charge in [0, 0.05) is 6.54 Å². The lowest BCUT2D eigenvalue weighted by Crippen LogP contribution is -2.36. The lowest BCUT2D eigenvalue weighted by atomic mass is 10.3. The summed E-state index contributed by atoms with van der Waals surface area (Å²) < 4.78 is 1.58. The van der Waals surface area contributed by atoms with Gasteiger partial charge < -0.3 is 5.32 Å². The zero-order chi connectivity index (χ0) is 12.3.